The molecule has 6 heteroatoms. The van der Waals surface area contributed by atoms with Crippen LogP contribution in [0.5, 0.6) is 0 Å². The van der Waals surface area contributed by atoms with Crippen LogP contribution in [0.3, 0.4) is 0 Å². The number of amides is 2. The van der Waals surface area contributed by atoms with Crippen LogP contribution in [0.15, 0.2) is 17.3 Å². The Labute approximate surface area is 111 Å². The van der Waals surface area contributed by atoms with Crippen molar-refractivity contribution in [3.63, 3.8) is 0 Å². The third-order valence-corrected chi connectivity index (χ3v) is 3.34. The van der Waals surface area contributed by atoms with Crippen LogP contribution < -0.4 is 5.32 Å². The molecule has 0 saturated carbocycles. The van der Waals surface area contributed by atoms with E-state index in [9.17, 15) is 9.59 Å². The molecule has 0 aromatic carbocycles. The van der Waals surface area contributed by atoms with Crippen LogP contribution in [0.1, 0.15) is 19.3 Å². The fraction of sp³-hybridized carbons (Fsp3) is 0.538. The summed E-state index contributed by atoms with van der Waals surface area (Å²) in [7, 11) is 0. The van der Waals surface area contributed by atoms with Crippen LogP contribution in [0, 0.1) is 17.2 Å². The lowest BCUT2D eigenvalue weighted by Crippen LogP contribution is -2.43. The fourth-order valence-corrected chi connectivity index (χ4v) is 2.26. The van der Waals surface area contributed by atoms with Gasteiger partial charge in [-0.25, -0.2) is 0 Å². The lowest BCUT2D eigenvalue weighted by atomic mass is 10.0. The van der Waals surface area contributed by atoms with Crippen molar-refractivity contribution in [1.29, 1.82) is 5.26 Å². The number of nitrogens with one attached hydrogen (secondary N) is 1. The van der Waals surface area contributed by atoms with E-state index in [1.807, 2.05) is 0 Å². The van der Waals surface area contributed by atoms with Crippen molar-refractivity contribution in [2.45, 2.75) is 25.3 Å². The zero-order chi connectivity index (χ0) is 13.7. The normalized spacial score (nSPS) is 25.1. The molecule has 19 heavy (non-hydrogen) atoms. The van der Waals surface area contributed by atoms with Gasteiger partial charge in [-0.1, -0.05) is 6.08 Å². The summed E-state index contributed by atoms with van der Waals surface area (Å²) in [5, 5.41) is 11.5. The number of aliphatic imine (C=N–C) groups is 1. The monoisotopic (exact) mass is 260 g/mol. The summed E-state index contributed by atoms with van der Waals surface area (Å²) in [6.45, 7) is 0.557. The highest BCUT2D eigenvalue weighted by atomic mass is 16.2. The summed E-state index contributed by atoms with van der Waals surface area (Å²) < 4.78 is 0. The molecule has 0 aromatic heterocycles. The van der Waals surface area contributed by atoms with Gasteiger partial charge < -0.3 is 10.2 Å². The Kier molecular flexibility index (Phi) is 4.29. The number of hydrogen-bond donors (Lipinski definition) is 1. The van der Waals surface area contributed by atoms with Crippen LogP contribution in [0.25, 0.3) is 0 Å². The number of likely N-dealkylation sites (tertiary alicyclic amines) is 1. The highest BCUT2D eigenvalue weighted by Crippen LogP contribution is 2.16. The average molecular weight is 260 g/mol. The van der Waals surface area contributed by atoms with Crippen molar-refractivity contribution in [2.24, 2.45) is 10.9 Å². The quantitative estimate of drug-likeness (QED) is 0.787. The highest BCUT2D eigenvalue weighted by Gasteiger charge is 2.28. The van der Waals surface area contributed by atoms with Crippen LogP contribution in [-0.4, -0.2) is 42.1 Å². The molecule has 0 spiro atoms. The first-order chi connectivity index (χ1) is 9.22. The van der Waals surface area contributed by atoms with E-state index in [4.69, 9.17) is 5.26 Å². The summed E-state index contributed by atoms with van der Waals surface area (Å²) in [5.41, 5.74) is 0. The van der Waals surface area contributed by atoms with E-state index in [0.29, 0.717) is 13.0 Å². The third kappa shape index (κ3) is 3.19. The predicted molar refractivity (Wildman–Crippen MR) is 69.1 cm³/mol. The average Bonchev–Trinajstić information content (AvgIpc) is 2.93. The number of rotatable bonds is 3. The van der Waals surface area contributed by atoms with Gasteiger partial charge in [0, 0.05) is 19.0 Å². The summed E-state index contributed by atoms with van der Waals surface area (Å²) in [6.07, 6.45) is 7.10. The largest absolute Gasteiger partial charge is 0.347 e. The minimum atomic E-state index is -0.342. The molecule has 1 saturated heterocycles. The van der Waals surface area contributed by atoms with E-state index in [1.54, 1.807) is 23.4 Å². The zero-order valence-corrected chi connectivity index (χ0v) is 10.6. The predicted octanol–water partition coefficient (Wildman–Crippen LogP) is 0.222. The van der Waals surface area contributed by atoms with Gasteiger partial charge in [-0.2, -0.15) is 5.26 Å². The first-order valence-electron chi connectivity index (χ1n) is 6.37. The lowest BCUT2D eigenvalue weighted by molar-refractivity contribution is -0.133. The molecule has 100 valence electrons. The molecular weight excluding hydrogens is 244 g/mol. The molecule has 1 unspecified atom stereocenters. The van der Waals surface area contributed by atoms with Crippen molar-refractivity contribution in [3.8, 4) is 6.07 Å². The SMILES string of the molecule is N#C[C@@H]1CCCN1C(=O)CNC(=O)C1C=CN=CC1. The molecule has 2 heterocycles. The Bertz CT molecular complexity index is 464. The van der Waals surface area contributed by atoms with Crippen molar-refractivity contribution < 1.29 is 9.59 Å². The maximum Gasteiger partial charge on any atom is 0.243 e. The van der Waals surface area contributed by atoms with E-state index in [2.05, 4.69) is 16.4 Å². The molecule has 2 atom stereocenters. The van der Waals surface area contributed by atoms with Gasteiger partial charge in [0.2, 0.25) is 11.8 Å². The third-order valence-electron chi connectivity index (χ3n) is 3.34. The standard InChI is InChI=1S/C13H16N4O2/c14-8-11-2-1-7-17(11)12(18)9-16-13(19)10-3-5-15-6-4-10/h3,5-6,10-11H,1-2,4,7,9H2,(H,16,19)/t10?,11-/m0/s1. The summed E-state index contributed by atoms with van der Waals surface area (Å²) >= 11 is 0. The first kappa shape index (κ1) is 13.3. The van der Waals surface area contributed by atoms with Gasteiger partial charge in [0.15, 0.2) is 0 Å². The Morgan fingerprint density at radius 2 is 2.37 bits per heavy atom. The molecule has 0 aromatic rings. The molecular formula is C13H16N4O2. The molecule has 2 rings (SSSR count). The molecule has 2 aliphatic rings. The van der Waals surface area contributed by atoms with Gasteiger partial charge >= 0.3 is 0 Å². The number of hydrogen-bond acceptors (Lipinski definition) is 4. The zero-order valence-electron chi connectivity index (χ0n) is 10.6. The molecule has 1 fully saturated rings. The van der Waals surface area contributed by atoms with Crippen LogP contribution in [-0.2, 0) is 9.59 Å². The van der Waals surface area contributed by atoms with Gasteiger partial charge in [0.25, 0.3) is 0 Å². The number of carbonyl (C=O) groups excluding carboxylic acids is 2. The number of nitrogens with zero attached hydrogens (tertiary/aromatic N) is 3. The second-order valence-corrected chi connectivity index (χ2v) is 4.61. The van der Waals surface area contributed by atoms with Crippen LogP contribution >= 0.6 is 0 Å². The number of nitriles is 1. The molecule has 0 aliphatic carbocycles. The van der Waals surface area contributed by atoms with Crippen molar-refractivity contribution in [1.82, 2.24) is 10.2 Å². The summed E-state index contributed by atoms with van der Waals surface area (Å²) in [5.74, 6) is -0.620. The smallest absolute Gasteiger partial charge is 0.243 e. The van der Waals surface area contributed by atoms with Crippen molar-refractivity contribution in [2.75, 3.05) is 13.1 Å². The molecule has 0 radical (unpaired) electrons. The van der Waals surface area contributed by atoms with Gasteiger partial charge in [-0.15, -0.1) is 0 Å². The lowest BCUT2D eigenvalue weighted by Gasteiger charge is -2.20. The van der Waals surface area contributed by atoms with E-state index < -0.39 is 0 Å². The Balaban J connectivity index is 1.80. The Morgan fingerprint density at radius 1 is 1.53 bits per heavy atom. The van der Waals surface area contributed by atoms with E-state index in [-0.39, 0.29) is 30.3 Å². The maximum absolute atomic E-state index is 11.9. The second kappa shape index (κ2) is 6.14. The van der Waals surface area contributed by atoms with Crippen LogP contribution in [0.2, 0.25) is 0 Å². The second-order valence-electron chi connectivity index (χ2n) is 4.61. The summed E-state index contributed by atoms with van der Waals surface area (Å²) in [6, 6.07) is 1.77. The highest BCUT2D eigenvalue weighted by molar-refractivity contribution is 5.88. The van der Waals surface area contributed by atoms with Crippen molar-refractivity contribution in [3.05, 3.63) is 12.3 Å². The molecule has 2 amide bonds. The number of carbonyl (C=O) groups is 2. The van der Waals surface area contributed by atoms with Gasteiger partial charge in [-0.05, 0) is 19.3 Å². The summed E-state index contributed by atoms with van der Waals surface area (Å²) in [4.78, 5) is 29.2. The molecule has 6 nitrogen and oxygen atoms in total. The molecule has 0 bridgehead atoms. The van der Waals surface area contributed by atoms with Crippen LogP contribution in [0.4, 0.5) is 0 Å². The fourth-order valence-electron chi connectivity index (χ4n) is 2.26. The first-order valence-corrected chi connectivity index (χ1v) is 6.37. The molecule has 2 aliphatic heterocycles. The van der Waals surface area contributed by atoms with Gasteiger partial charge in [0.05, 0.1) is 18.5 Å². The maximum atomic E-state index is 11.9. The van der Waals surface area contributed by atoms with Crippen molar-refractivity contribution >= 4 is 18.0 Å². The van der Waals surface area contributed by atoms with E-state index >= 15 is 0 Å². The Hall–Kier alpha value is -2.16. The van der Waals surface area contributed by atoms with E-state index in [1.165, 1.54) is 0 Å². The van der Waals surface area contributed by atoms with Gasteiger partial charge in [-0.3, -0.25) is 14.6 Å². The minimum Gasteiger partial charge on any atom is -0.347 e. The molecule has 1 N–H and O–H groups in total. The Morgan fingerprint density at radius 3 is 3.05 bits per heavy atom. The topological polar surface area (TPSA) is 85.6 Å². The van der Waals surface area contributed by atoms with E-state index in [0.717, 1.165) is 12.8 Å². The minimum absolute atomic E-state index is 0.0432. The van der Waals surface area contributed by atoms with Gasteiger partial charge in [0.1, 0.15) is 6.04 Å².